The first-order valence-electron chi connectivity index (χ1n) is 6.32. The molecule has 3 heteroatoms. The Morgan fingerprint density at radius 1 is 1.18 bits per heavy atom. The molecule has 0 amide bonds. The molecule has 0 saturated heterocycles. The molecule has 1 aliphatic carbocycles. The van der Waals surface area contributed by atoms with Crippen molar-refractivity contribution in [2.24, 2.45) is 5.92 Å². The fourth-order valence-corrected chi connectivity index (χ4v) is 2.59. The Morgan fingerprint density at radius 3 is 2.53 bits per heavy atom. The highest BCUT2D eigenvalue weighted by molar-refractivity contribution is 5.17. The van der Waals surface area contributed by atoms with Gasteiger partial charge in [0.25, 0.3) is 0 Å². The van der Waals surface area contributed by atoms with Gasteiger partial charge in [0.05, 0.1) is 0 Å². The van der Waals surface area contributed by atoms with Crippen molar-refractivity contribution in [1.29, 1.82) is 0 Å². The minimum Gasteiger partial charge on any atom is -0.310 e. The third kappa shape index (κ3) is 3.77. The zero-order chi connectivity index (χ0) is 12.3. The molecule has 2 atom stereocenters. The first-order valence-corrected chi connectivity index (χ1v) is 6.32. The minimum atomic E-state index is -0.501. The third-order valence-electron chi connectivity index (χ3n) is 3.45. The maximum Gasteiger partial charge on any atom is 0.126 e. The molecule has 0 spiro atoms. The second-order valence-electron chi connectivity index (χ2n) is 5.13. The highest BCUT2D eigenvalue weighted by Crippen LogP contribution is 2.23. The highest BCUT2D eigenvalue weighted by Gasteiger charge is 2.18. The lowest BCUT2D eigenvalue weighted by atomic mass is 9.87. The van der Waals surface area contributed by atoms with Crippen LogP contribution >= 0.6 is 0 Å². The monoisotopic (exact) mass is 239 g/mol. The van der Waals surface area contributed by atoms with Gasteiger partial charge in [-0.1, -0.05) is 19.8 Å². The van der Waals surface area contributed by atoms with Gasteiger partial charge in [0, 0.05) is 18.7 Å². The van der Waals surface area contributed by atoms with Crippen molar-refractivity contribution >= 4 is 0 Å². The van der Waals surface area contributed by atoms with Crippen LogP contribution in [-0.2, 0) is 6.54 Å². The van der Waals surface area contributed by atoms with Gasteiger partial charge >= 0.3 is 0 Å². The molecule has 0 aromatic heterocycles. The Kier molecular flexibility index (Phi) is 4.11. The van der Waals surface area contributed by atoms with E-state index in [0.717, 1.165) is 18.4 Å². The van der Waals surface area contributed by atoms with Gasteiger partial charge < -0.3 is 5.32 Å². The first kappa shape index (κ1) is 12.5. The van der Waals surface area contributed by atoms with Crippen molar-refractivity contribution in [3.05, 3.63) is 35.4 Å². The van der Waals surface area contributed by atoms with Crippen molar-refractivity contribution < 1.29 is 8.78 Å². The van der Waals surface area contributed by atoms with Crippen molar-refractivity contribution in [3.8, 4) is 0 Å². The van der Waals surface area contributed by atoms with Crippen LogP contribution in [-0.4, -0.2) is 6.04 Å². The lowest BCUT2D eigenvalue weighted by Gasteiger charge is -2.27. The summed E-state index contributed by atoms with van der Waals surface area (Å²) in [7, 11) is 0. The maximum absolute atomic E-state index is 13.0. The fourth-order valence-electron chi connectivity index (χ4n) is 2.59. The van der Waals surface area contributed by atoms with E-state index in [2.05, 4.69) is 12.2 Å². The van der Waals surface area contributed by atoms with E-state index in [4.69, 9.17) is 0 Å². The summed E-state index contributed by atoms with van der Waals surface area (Å²) in [6.45, 7) is 2.81. The zero-order valence-electron chi connectivity index (χ0n) is 10.2. The normalized spacial score (nSPS) is 24.9. The molecular formula is C14H19F2N. The number of hydrogen-bond acceptors (Lipinski definition) is 1. The van der Waals surface area contributed by atoms with Crippen LogP contribution in [0.1, 0.15) is 38.2 Å². The van der Waals surface area contributed by atoms with Gasteiger partial charge in [0.1, 0.15) is 11.6 Å². The van der Waals surface area contributed by atoms with Crippen LogP contribution in [0.4, 0.5) is 8.78 Å². The molecule has 1 aromatic rings. The number of benzene rings is 1. The quantitative estimate of drug-likeness (QED) is 0.849. The summed E-state index contributed by atoms with van der Waals surface area (Å²) in [6, 6.07) is 4.18. The summed E-state index contributed by atoms with van der Waals surface area (Å²) in [6.07, 6.45) is 4.88. The molecule has 2 unspecified atom stereocenters. The van der Waals surface area contributed by atoms with Gasteiger partial charge in [0.15, 0.2) is 0 Å². The lowest BCUT2D eigenvalue weighted by molar-refractivity contribution is 0.300. The van der Waals surface area contributed by atoms with Gasteiger partial charge in [-0.3, -0.25) is 0 Å². The summed E-state index contributed by atoms with van der Waals surface area (Å²) < 4.78 is 26.0. The Labute approximate surface area is 101 Å². The van der Waals surface area contributed by atoms with E-state index in [1.807, 2.05) is 0 Å². The van der Waals surface area contributed by atoms with Crippen LogP contribution in [0, 0.1) is 17.6 Å². The van der Waals surface area contributed by atoms with Gasteiger partial charge in [0.2, 0.25) is 0 Å². The van der Waals surface area contributed by atoms with Crippen molar-refractivity contribution in [3.63, 3.8) is 0 Å². The molecular weight excluding hydrogens is 220 g/mol. The van der Waals surface area contributed by atoms with Crippen LogP contribution in [0.25, 0.3) is 0 Å². The summed E-state index contributed by atoms with van der Waals surface area (Å²) in [5.74, 6) is -0.247. The van der Waals surface area contributed by atoms with Gasteiger partial charge in [-0.05, 0) is 36.5 Å². The van der Waals surface area contributed by atoms with E-state index in [0.29, 0.717) is 18.2 Å². The Hall–Kier alpha value is -0.960. The molecule has 0 aliphatic heterocycles. The Morgan fingerprint density at radius 2 is 1.88 bits per heavy atom. The van der Waals surface area contributed by atoms with E-state index in [-0.39, 0.29) is 0 Å². The summed E-state index contributed by atoms with van der Waals surface area (Å²) in [5, 5.41) is 3.39. The molecule has 1 saturated carbocycles. The molecule has 0 radical (unpaired) electrons. The average molecular weight is 239 g/mol. The molecule has 2 rings (SSSR count). The topological polar surface area (TPSA) is 12.0 Å². The summed E-state index contributed by atoms with van der Waals surface area (Å²) >= 11 is 0. The molecule has 94 valence electrons. The fraction of sp³-hybridized carbons (Fsp3) is 0.571. The standard InChI is InChI=1S/C14H19F2N/c1-10-3-2-4-14(5-10)17-9-11-6-12(15)8-13(16)7-11/h6-8,10,14,17H,2-5,9H2,1H3. The molecule has 1 N–H and O–H groups in total. The Balaban J connectivity index is 1.88. The van der Waals surface area contributed by atoms with E-state index < -0.39 is 11.6 Å². The molecule has 1 aromatic carbocycles. The van der Waals surface area contributed by atoms with Crippen LogP contribution < -0.4 is 5.32 Å². The van der Waals surface area contributed by atoms with E-state index in [9.17, 15) is 8.78 Å². The largest absolute Gasteiger partial charge is 0.310 e. The average Bonchev–Trinajstić information content (AvgIpc) is 2.25. The van der Waals surface area contributed by atoms with Gasteiger partial charge in [-0.15, -0.1) is 0 Å². The third-order valence-corrected chi connectivity index (χ3v) is 3.45. The van der Waals surface area contributed by atoms with E-state index in [1.54, 1.807) is 0 Å². The number of rotatable bonds is 3. The highest BCUT2D eigenvalue weighted by atomic mass is 19.1. The van der Waals surface area contributed by atoms with E-state index in [1.165, 1.54) is 31.4 Å². The number of halogens is 2. The van der Waals surface area contributed by atoms with Crippen molar-refractivity contribution in [2.75, 3.05) is 0 Å². The van der Waals surface area contributed by atoms with Crippen LogP contribution in [0.15, 0.2) is 18.2 Å². The van der Waals surface area contributed by atoms with Gasteiger partial charge in [-0.2, -0.15) is 0 Å². The lowest BCUT2D eigenvalue weighted by Crippen LogP contribution is -2.33. The van der Waals surface area contributed by atoms with Crippen LogP contribution in [0.2, 0.25) is 0 Å². The number of hydrogen-bond donors (Lipinski definition) is 1. The molecule has 1 nitrogen and oxygen atoms in total. The molecule has 0 heterocycles. The second-order valence-corrected chi connectivity index (χ2v) is 5.13. The van der Waals surface area contributed by atoms with Crippen LogP contribution in [0.3, 0.4) is 0 Å². The van der Waals surface area contributed by atoms with Crippen molar-refractivity contribution in [2.45, 2.75) is 45.2 Å². The van der Waals surface area contributed by atoms with E-state index >= 15 is 0 Å². The SMILES string of the molecule is CC1CCCC(NCc2cc(F)cc(F)c2)C1. The van der Waals surface area contributed by atoms with Crippen molar-refractivity contribution in [1.82, 2.24) is 5.32 Å². The summed E-state index contributed by atoms with van der Waals surface area (Å²) in [4.78, 5) is 0. The summed E-state index contributed by atoms with van der Waals surface area (Å²) in [5.41, 5.74) is 0.681. The van der Waals surface area contributed by atoms with Gasteiger partial charge in [-0.25, -0.2) is 8.78 Å². The zero-order valence-corrected chi connectivity index (χ0v) is 10.2. The second kappa shape index (κ2) is 5.58. The Bertz CT molecular complexity index is 358. The first-order chi connectivity index (χ1) is 8.13. The predicted molar refractivity (Wildman–Crippen MR) is 64.6 cm³/mol. The smallest absolute Gasteiger partial charge is 0.126 e. The molecule has 0 bridgehead atoms. The maximum atomic E-state index is 13.0. The molecule has 17 heavy (non-hydrogen) atoms. The molecule has 1 fully saturated rings. The van der Waals surface area contributed by atoms with Crippen LogP contribution in [0.5, 0.6) is 0 Å². The minimum absolute atomic E-state index is 0.491. The predicted octanol–water partition coefficient (Wildman–Crippen LogP) is 3.63. The molecule has 1 aliphatic rings. The number of nitrogens with one attached hydrogen (secondary N) is 1.